The number of benzene rings is 3. The normalized spacial score (nSPS) is 27.8. The minimum absolute atomic E-state index is 0.164. The number of nitrogens with two attached hydrogens (primary N) is 1. The fourth-order valence-corrected chi connectivity index (χ4v) is 5.72. The van der Waals surface area contributed by atoms with Crippen molar-refractivity contribution in [3.8, 4) is 0 Å². The van der Waals surface area contributed by atoms with Gasteiger partial charge >= 0.3 is 0 Å². The first-order valence-electron chi connectivity index (χ1n) is 10.8. The molecular weight excluding hydrogens is 420 g/mol. The molecule has 4 atom stereocenters. The highest BCUT2D eigenvalue weighted by molar-refractivity contribution is 6.26. The molecule has 3 aliphatic rings. The molecular formula is C25H20N4O4. The van der Waals surface area contributed by atoms with E-state index in [1.807, 2.05) is 30.3 Å². The van der Waals surface area contributed by atoms with Gasteiger partial charge in [0.1, 0.15) is 5.54 Å². The van der Waals surface area contributed by atoms with Gasteiger partial charge in [0.15, 0.2) is 0 Å². The fraction of sp³-hybridized carbons (Fsp3) is 0.200. The average Bonchev–Trinajstić information content (AvgIpc) is 3.37. The zero-order chi connectivity index (χ0) is 22.9. The molecule has 2 fully saturated rings. The Hall–Kier alpha value is -4.04. The average molecular weight is 440 g/mol. The van der Waals surface area contributed by atoms with E-state index in [4.69, 9.17) is 5.73 Å². The topological polar surface area (TPSA) is 122 Å². The SMILES string of the molecule is NC(=O)C[C@@H]1N[C@]2(C(=O)Nc3ccccc32)[C@@H]2C(=O)N(c3ccc4ccccc4c3)C(=O)[C@H]12. The van der Waals surface area contributed by atoms with Gasteiger partial charge in [-0.3, -0.25) is 24.5 Å². The summed E-state index contributed by atoms with van der Waals surface area (Å²) in [7, 11) is 0. The first-order valence-corrected chi connectivity index (χ1v) is 10.8. The number of carbonyl (C=O) groups is 4. The number of hydrogen-bond acceptors (Lipinski definition) is 5. The van der Waals surface area contributed by atoms with Crippen LogP contribution in [-0.2, 0) is 24.7 Å². The highest BCUT2D eigenvalue weighted by atomic mass is 16.2. The zero-order valence-corrected chi connectivity index (χ0v) is 17.4. The Morgan fingerprint density at radius 2 is 1.67 bits per heavy atom. The van der Waals surface area contributed by atoms with Crippen LogP contribution in [0.5, 0.6) is 0 Å². The van der Waals surface area contributed by atoms with Gasteiger partial charge in [0, 0.05) is 23.7 Å². The van der Waals surface area contributed by atoms with Gasteiger partial charge in [-0.1, -0.05) is 48.5 Å². The molecule has 0 radical (unpaired) electrons. The van der Waals surface area contributed by atoms with E-state index in [1.165, 1.54) is 0 Å². The lowest BCUT2D eigenvalue weighted by Crippen LogP contribution is -2.53. The summed E-state index contributed by atoms with van der Waals surface area (Å²) in [6.07, 6.45) is -0.164. The Morgan fingerprint density at radius 3 is 2.45 bits per heavy atom. The molecule has 3 aliphatic heterocycles. The van der Waals surface area contributed by atoms with Crippen LogP contribution in [0.3, 0.4) is 0 Å². The van der Waals surface area contributed by atoms with Crippen LogP contribution in [0.1, 0.15) is 12.0 Å². The van der Waals surface area contributed by atoms with Crippen molar-refractivity contribution in [2.45, 2.75) is 18.0 Å². The number of rotatable bonds is 3. The summed E-state index contributed by atoms with van der Waals surface area (Å²) in [5, 5.41) is 7.89. The van der Waals surface area contributed by atoms with Crippen molar-refractivity contribution in [2.24, 2.45) is 17.6 Å². The molecule has 2 saturated heterocycles. The van der Waals surface area contributed by atoms with Crippen LogP contribution in [-0.4, -0.2) is 29.7 Å². The molecule has 4 N–H and O–H groups in total. The summed E-state index contributed by atoms with van der Waals surface area (Å²) in [6.45, 7) is 0. The monoisotopic (exact) mass is 440 g/mol. The van der Waals surface area contributed by atoms with Crippen molar-refractivity contribution in [3.63, 3.8) is 0 Å². The van der Waals surface area contributed by atoms with E-state index < -0.39 is 47.0 Å². The highest BCUT2D eigenvalue weighted by Crippen LogP contribution is 2.53. The third-order valence-corrected chi connectivity index (χ3v) is 7.03. The second-order valence-electron chi connectivity index (χ2n) is 8.78. The van der Waals surface area contributed by atoms with Crippen LogP contribution in [0.25, 0.3) is 10.8 Å². The number of fused-ring (bicyclic) bond motifs is 5. The molecule has 0 aliphatic carbocycles. The lowest BCUT2D eigenvalue weighted by Gasteiger charge is -2.29. The summed E-state index contributed by atoms with van der Waals surface area (Å²) < 4.78 is 0. The summed E-state index contributed by atoms with van der Waals surface area (Å²) in [5.41, 5.74) is 5.65. The van der Waals surface area contributed by atoms with E-state index in [0.717, 1.165) is 15.7 Å². The summed E-state index contributed by atoms with van der Waals surface area (Å²) >= 11 is 0. The second kappa shape index (κ2) is 6.73. The Bertz CT molecular complexity index is 1390. The summed E-state index contributed by atoms with van der Waals surface area (Å²) in [5.74, 6) is -3.82. The third-order valence-electron chi connectivity index (χ3n) is 7.03. The van der Waals surface area contributed by atoms with Gasteiger partial charge < -0.3 is 11.1 Å². The zero-order valence-electron chi connectivity index (χ0n) is 17.4. The lowest BCUT2D eigenvalue weighted by atomic mass is 9.76. The molecule has 6 rings (SSSR count). The maximum absolute atomic E-state index is 13.9. The van der Waals surface area contributed by atoms with E-state index in [2.05, 4.69) is 10.6 Å². The van der Waals surface area contributed by atoms with Crippen LogP contribution in [0.15, 0.2) is 66.7 Å². The van der Waals surface area contributed by atoms with Crippen molar-refractivity contribution in [2.75, 3.05) is 10.2 Å². The predicted octanol–water partition coefficient (Wildman–Crippen LogP) is 1.64. The number of nitrogens with zero attached hydrogens (tertiary/aromatic N) is 1. The standard InChI is InChI=1S/C25H20N4O4/c26-19(30)12-18-20-21(25(28-18)16-7-3-4-8-17(16)27-24(25)33)23(32)29(22(20)31)15-10-9-13-5-1-2-6-14(13)11-15/h1-11,18,20-21,28H,12H2,(H2,26,30)(H,27,33)/t18-,20+,21-,25-/m0/s1. The molecule has 0 bridgehead atoms. The quantitative estimate of drug-likeness (QED) is 0.535. The number of nitrogens with one attached hydrogen (secondary N) is 2. The van der Waals surface area contributed by atoms with E-state index in [1.54, 1.807) is 36.4 Å². The number of amides is 4. The third kappa shape index (κ3) is 2.55. The minimum Gasteiger partial charge on any atom is -0.370 e. The summed E-state index contributed by atoms with van der Waals surface area (Å²) in [6, 6.07) is 19.4. The van der Waals surface area contributed by atoms with Crippen molar-refractivity contribution in [1.82, 2.24) is 5.32 Å². The minimum atomic E-state index is -1.44. The highest BCUT2D eigenvalue weighted by Gasteiger charge is 2.70. The van der Waals surface area contributed by atoms with Gasteiger partial charge in [-0.2, -0.15) is 0 Å². The molecule has 164 valence electrons. The molecule has 3 heterocycles. The predicted molar refractivity (Wildman–Crippen MR) is 121 cm³/mol. The van der Waals surface area contributed by atoms with Gasteiger partial charge in [0.25, 0.3) is 0 Å². The maximum Gasteiger partial charge on any atom is 0.250 e. The summed E-state index contributed by atoms with van der Waals surface area (Å²) in [4.78, 5) is 53.8. The number of para-hydroxylation sites is 1. The Kier molecular flexibility index (Phi) is 4.00. The van der Waals surface area contributed by atoms with Crippen LogP contribution >= 0.6 is 0 Å². The van der Waals surface area contributed by atoms with Crippen molar-refractivity contribution < 1.29 is 19.2 Å². The van der Waals surface area contributed by atoms with Gasteiger partial charge in [0.2, 0.25) is 23.6 Å². The van der Waals surface area contributed by atoms with Gasteiger partial charge in [-0.15, -0.1) is 0 Å². The Labute approximate surface area is 188 Å². The van der Waals surface area contributed by atoms with Crippen LogP contribution < -0.4 is 21.3 Å². The molecule has 33 heavy (non-hydrogen) atoms. The first-order chi connectivity index (χ1) is 15.9. The van der Waals surface area contributed by atoms with Gasteiger partial charge in [-0.05, 0) is 29.0 Å². The van der Waals surface area contributed by atoms with Crippen LogP contribution in [0.2, 0.25) is 0 Å². The second-order valence-corrected chi connectivity index (χ2v) is 8.78. The lowest BCUT2D eigenvalue weighted by molar-refractivity contribution is -0.130. The number of anilines is 2. The Morgan fingerprint density at radius 1 is 0.939 bits per heavy atom. The fourth-order valence-electron chi connectivity index (χ4n) is 5.72. The molecule has 0 aromatic heterocycles. The molecule has 3 aromatic rings. The number of primary amides is 1. The molecule has 8 nitrogen and oxygen atoms in total. The first kappa shape index (κ1) is 19.6. The van der Waals surface area contributed by atoms with E-state index >= 15 is 0 Å². The molecule has 0 saturated carbocycles. The van der Waals surface area contributed by atoms with Crippen molar-refractivity contribution in [3.05, 3.63) is 72.3 Å². The smallest absolute Gasteiger partial charge is 0.250 e. The number of imide groups is 1. The van der Waals surface area contributed by atoms with Crippen LogP contribution in [0, 0.1) is 11.8 Å². The Balaban J connectivity index is 1.51. The van der Waals surface area contributed by atoms with E-state index in [9.17, 15) is 19.2 Å². The van der Waals surface area contributed by atoms with E-state index in [-0.39, 0.29) is 6.42 Å². The van der Waals surface area contributed by atoms with Gasteiger partial charge in [-0.25, -0.2) is 4.90 Å². The molecule has 3 aromatic carbocycles. The van der Waals surface area contributed by atoms with Crippen molar-refractivity contribution >= 4 is 45.8 Å². The van der Waals surface area contributed by atoms with E-state index in [0.29, 0.717) is 16.9 Å². The molecule has 0 unspecified atom stereocenters. The van der Waals surface area contributed by atoms with Crippen LogP contribution in [0.4, 0.5) is 11.4 Å². The maximum atomic E-state index is 13.9. The molecule has 4 amide bonds. The molecule has 8 heteroatoms. The number of carbonyl (C=O) groups excluding carboxylic acids is 4. The van der Waals surface area contributed by atoms with Crippen molar-refractivity contribution in [1.29, 1.82) is 0 Å². The van der Waals surface area contributed by atoms with Gasteiger partial charge in [0.05, 0.1) is 17.5 Å². The molecule has 1 spiro atoms. The largest absolute Gasteiger partial charge is 0.370 e. The number of hydrogen-bond donors (Lipinski definition) is 3.